The van der Waals surface area contributed by atoms with Gasteiger partial charge in [0.15, 0.2) is 5.57 Å². The largest absolute Gasteiger partial charge is 0.514 e. The molecule has 0 bridgehead atoms. The molecule has 0 aromatic heterocycles. The highest BCUT2D eigenvalue weighted by Gasteiger charge is 2.09. The Morgan fingerprint density at radius 1 is 1.05 bits per heavy atom. The monoisotopic (exact) mass is 281 g/mol. The zero-order valence-corrected chi connectivity index (χ0v) is 12.6. The lowest BCUT2D eigenvalue weighted by atomic mass is 10.1. The predicted molar refractivity (Wildman–Crippen MR) is 79.1 cm³/mol. The molecule has 0 aromatic rings. The van der Waals surface area contributed by atoms with Crippen molar-refractivity contribution in [2.24, 2.45) is 0 Å². The number of aliphatic hydroxyl groups excluding tert-OH is 1. The van der Waals surface area contributed by atoms with E-state index in [2.05, 4.69) is 6.92 Å². The van der Waals surface area contributed by atoms with Crippen molar-refractivity contribution < 1.29 is 14.6 Å². The Morgan fingerprint density at radius 2 is 1.55 bits per heavy atom. The summed E-state index contributed by atoms with van der Waals surface area (Å²) in [5, 5.41) is 17.1. The van der Waals surface area contributed by atoms with Crippen molar-refractivity contribution in [2.75, 3.05) is 6.61 Å². The quantitative estimate of drug-likeness (QED) is 0.189. The fourth-order valence-corrected chi connectivity index (χ4v) is 1.96. The number of hydrogen-bond donors (Lipinski definition) is 1. The van der Waals surface area contributed by atoms with Gasteiger partial charge in [-0.25, -0.2) is 4.79 Å². The van der Waals surface area contributed by atoms with Gasteiger partial charge in [-0.3, -0.25) is 0 Å². The minimum atomic E-state index is -0.745. The average Bonchev–Trinajstić information content (AvgIpc) is 2.46. The maximum Gasteiger partial charge on any atom is 0.352 e. The van der Waals surface area contributed by atoms with E-state index in [9.17, 15) is 4.79 Å². The van der Waals surface area contributed by atoms with Gasteiger partial charge in [-0.15, -0.1) is 0 Å². The third kappa shape index (κ3) is 10.4. The molecule has 0 saturated carbocycles. The summed E-state index contributed by atoms with van der Waals surface area (Å²) in [5.41, 5.74) is -0.350. The van der Waals surface area contributed by atoms with Crippen molar-refractivity contribution in [3.8, 4) is 6.07 Å². The molecule has 4 nitrogen and oxygen atoms in total. The minimum absolute atomic E-state index is 0.314. The van der Waals surface area contributed by atoms with E-state index in [1.54, 1.807) is 6.07 Å². The van der Waals surface area contributed by atoms with E-state index in [0.29, 0.717) is 12.9 Å². The van der Waals surface area contributed by atoms with Gasteiger partial charge in [-0.1, -0.05) is 64.7 Å². The van der Waals surface area contributed by atoms with Crippen molar-refractivity contribution in [3.63, 3.8) is 0 Å². The first-order chi connectivity index (χ1) is 9.76. The SMILES string of the molecule is CCCCCCCCCCCCOC(=O)/C(C#N)=C\O. The van der Waals surface area contributed by atoms with E-state index >= 15 is 0 Å². The topological polar surface area (TPSA) is 70.3 Å². The van der Waals surface area contributed by atoms with Crippen molar-refractivity contribution >= 4 is 5.97 Å². The summed E-state index contributed by atoms with van der Waals surface area (Å²) in [7, 11) is 0. The van der Waals surface area contributed by atoms with E-state index in [-0.39, 0.29) is 5.57 Å². The standard InChI is InChI=1S/C16H27NO3/c1-2-3-4-5-6-7-8-9-10-11-12-20-16(19)15(13-17)14-18/h14,18H,2-12H2,1H3/b15-14-. The Bertz CT molecular complexity index is 318. The second-order valence-corrected chi connectivity index (χ2v) is 4.97. The number of aliphatic hydroxyl groups is 1. The molecule has 0 aliphatic carbocycles. The Balaban J connectivity index is 3.29. The van der Waals surface area contributed by atoms with Crippen LogP contribution in [0.2, 0.25) is 0 Å². The molecule has 0 unspecified atom stereocenters. The molecule has 114 valence electrons. The first-order valence-electron chi connectivity index (χ1n) is 7.67. The van der Waals surface area contributed by atoms with Gasteiger partial charge < -0.3 is 9.84 Å². The maximum atomic E-state index is 11.2. The lowest BCUT2D eigenvalue weighted by Gasteiger charge is -2.04. The van der Waals surface area contributed by atoms with Crippen molar-refractivity contribution in [2.45, 2.75) is 71.1 Å². The minimum Gasteiger partial charge on any atom is -0.514 e. The van der Waals surface area contributed by atoms with Crippen LogP contribution in [0.3, 0.4) is 0 Å². The van der Waals surface area contributed by atoms with Gasteiger partial charge in [0, 0.05) is 0 Å². The number of carbonyl (C=O) groups excluding carboxylic acids is 1. The number of carbonyl (C=O) groups is 1. The Kier molecular flexibility index (Phi) is 12.9. The Hall–Kier alpha value is -1.50. The third-order valence-corrected chi connectivity index (χ3v) is 3.20. The second kappa shape index (κ2) is 13.9. The molecule has 0 heterocycles. The van der Waals surface area contributed by atoms with Crippen molar-refractivity contribution in [3.05, 3.63) is 11.8 Å². The average molecular weight is 281 g/mol. The second-order valence-electron chi connectivity index (χ2n) is 4.97. The van der Waals surface area contributed by atoms with E-state index < -0.39 is 5.97 Å². The molecule has 0 aromatic carbocycles. The fraction of sp³-hybridized carbons (Fsp3) is 0.750. The van der Waals surface area contributed by atoms with Gasteiger partial charge in [0.05, 0.1) is 6.61 Å². The van der Waals surface area contributed by atoms with Gasteiger partial charge >= 0.3 is 5.97 Å². The van der Waals surface area contributed by atoms with Crippen LogP contribution in [0.5, 0.6) is 0 Å². The van der Waals surface area contributed by atoms with Crippen molar-refractivity contribution in [1.82, 2.24) is 0 Å². The van der Waals surface area contributed by atoms with Crippen LogP contribution in [0.4, 0.5) is 0 Å². The summed E-state index contributed by atoms with van der Waals surface area (Å²) in [4.78, 5) is 11.2. The molecular formula is C16H27NO3. The highest BCUT2D eigenvalue weighted by atomic mass is 16.5. The first kappa shape index (κ1) is 18.5. The molecule has 0 spiro atoms. The van der Waals surface area contributed by atoms with Crippen LogP contribution in [0.1, 0.15) is 71.1 Å². The van der Waals surface area contributed by atoms with Crippen LogP contribution in [0, 0.1) is 11.3 Å². The number of nitrogens with zero attached hydrogens (tertiary/aromatic N) is 1. The molecule has 0 saturated heterocycles. The van der Waals surface area contributed by atoms with Crippen LogP contribution in [0.25, 0.3) is 0 Å². The molecule has 0 atom stereocenters. The molecule has 0 fully saturated rings. The smallest absolute Gasteiger partial charge is 0.352 e. The molecule has 0 amide bonds. The summed E-state index contributed by atoms with van der Waals surface area (Å²) in [6, 6.07) is 1.58. The highest BCUT2D eigenvalue weighted by Crippen LogP contribution is 2.10. The Morgan fingerprint density at radius 3 is 2.00 bits per heavy atom. The summed E-state index contributed by atoms with van der Waals surface area (Å²) < 4.78 is 4.87. The molecule has 0 rings (SSSR count). The number of hydrogen-bond acceptors (Lipinski definition) is 4. The fourth-order valence-electron chi connectivity index (χ4n) is 1.96. The number of unbranched alkanes of at least 4 members (excludes halogenated alkanes) is 9. The highest BCUT2D eigenvalue weighted by molar-refractivity contribution is 5.92. The zero-order valence-electron chi connectivity index (χ0n) is 12.6. The lowest BCUT2D eigenvalue weighted by Crippen LogP contribution is -2.08. The third-order valence-electron chi connectivity index (χ3n) is 3.20. The van der Waals surface area contributed by atoms with Crippen LogP contribution in [0.15, 0.2) is 11.8 Å². The summed E-state index contributed by atoms with van der Waals surface area (Å²) >= 11 is 0. The number of rotatable bonds is 12. The van der Waals surface area contributed by atoms with Gasteiger partial charge in [-0.2, -0.15) is 5.26 Å². The molecule has 20 heavy (non-hydrogen) atoms. The van der Waals surface area contributed by atoms with E-state index in [4.69, 9.17) is 15.1 Å². The predicted octanol–water partition coefficient (Wildman–Crippen LogP) is 4.42. The number of esters is 1. The Labute approximate surface area is 122 Å². The van der Waals surface area contributed by atoms with E-state index in [1.807, 2.05) is 0 Å². The van der Waals surface area contributed by atoms with Gasteiger partial charge in [0.25, 0.3) is 0 Å². The molecule has 0 radical (unpaired) electrons. The summed E-state index contributed by atoms with van der Waals surface area (Å²) in [6.07, 6.45) is 12.7. The van der Waals surface area contributed by atoms with E-state index in [1.165, 1.54) is 44.9 Å². The number of ether oxygens (including phenoxy) is 1. The van der Waals surface area contributed by atoms with Gasteiger partial charge in [0.1, 0.15) is 12.3 Å². The maximum absolute atomic E-state index is 11.2. The van der Waals surface area contributed by atoms with Crippen LogP contribution >= 0.6 is 0 Å². The zero-order chi connectivity index (χ0) is 15.1. The van der Waals surface area contributed by atoms with E-state index in [0.717, 1.165) is 19.3 Å². The van der Waals surface area contributed by atoms with Gasteiger partial charge in [-0.05, 0) is 6.42 Å². The molecule has 0 aliphatic rings. The molecule has 1 N–H and O–H groups in total. The van der Waals surface area contributed by atoms with Crippen LogP contribution in [-0.4, -0.2) is 17.7 Å². The summed E-state index contributed by atoms with van der Waals surface area (Å²) in [6.45, 7) is 2.54. The van der Waals surface area contributed by atoms with Crippen LogP contribution < -0.4 is 0 Å². The molecule has 4 heteroatoms. The summed E-state index contributed by atoms with van der Waals surface area (Å²) in [5.74, 6) is -0.745. The molecule has 0 aliphatic heterocycles. The van der Waals surface area contributed by atoms with Gasteiger partial charge in [0.2, 0.25) is 0 Å². The molecular weight excluding hydrogens is 254 g/mol. The normalized spacial score (nSPS) is 11.1. The first-order valence-corrected chi connectivity index (χ1v) is 7.67. The van der Waals surface area contributed by atoms with Crippen LogP contribution in [-0.2, 0) is 9.53 Å². The van der Waals surface area contributed by atoms with Crippen molar-refractivity contribution in [1.29, 1.82) is 5.26 Å². The lowest BCUT2D eigenvalue weighted by molar-refractivity contribution is -0.138. The number of nitriles is 1.